The summed E-state index contributed by atoms with van der Waals surface area (Å²) in [6.45, 7) is 0. The molecule has 7 nitrogen and oxygen atoms in total. The average molecular weight is 431 g/mol. The van der Waals surface area contributed by atoms with Crippen LogP contribution in [0.5, 0.6) is 0 Å². The van der Waals surface area contributed by atoms with Crippen LogP contribution in [0.2, 0.25) is 0 Å². The Labute approximate surface area is 184 Å². The second kappa shape index (κ2) is 8.03. The molecule has 2 aliphatic rings. The molecule has 32 heavy (non-hydrogen) atoms. The predicted molar refractivity (Wildman–Crippen MR) is 118 cm³/mol. The van der Waals surface area contributed by atoms with Crippen molar-refractivity contribution in [2.45, 2.75) is 31.8 Å². The molecule has 0 fully saturated rings. The number of hydrogen-bond donors (Lipinski definition) is 2. The third kappa shape index (κ3) is 3.37. The molecule has 0 spiro atoms. The molecular formula is C24H22FN5O2. The lowest BCUT2D eigenvalue weighted by atomic mass is 9.96. The number of para-hydroxylation sites is 1. The fourth-order valence-corrected chi connectivity index (χ4v) is 4.35. The summed E-state index contributed by atoms with van der Waals surface area (Å²) in [4.78, 5) is 32.3. The molecule has 0 saturated heterocycles. The topological polar surface area (TPSA) is 90.5 Å². The Balaban J connectivity index is 1.57. The zero-order valence-electron chi connectivity index (χ0n) is 17.6. The quantitative estimate of drug-likeness (QED) is 0.668. The first-order valence-corrected chi connectivity index (χ1v) is 10.6. The lowest BCUT2D eigenvalue weighted by molar-refractivity contribution is -0.119. The summed E-state index contributed by atoms with van der Waals surface area (Å²) >= 11 is 0. The molecule has 2 amide bonds. The maximum absolute atomic E-state index is 14.7. The van der Waals surface area contributed by atoms with E-state index < -0.39 is 23.8 Å². The summed E-state index contributed by atoms with van der Waals surface area (Å²) in [5.41, 5.74) is 3.93. The highest BCUT2D eigenvalue weighted by Crippen LogP contribution is 2.28. The molecule has 0 saturated carbocycles. The highest BCUT2D eigenvalue weighted by Gasteiger charge is 2.33. The second-order valence-electron chi connectivity index (χ2n) is 7.98. The van der Waals surface area contributed by atoms with Crippen molar-refractivity contribution in [3.63, 3.8) is 0 Å². The molecule has 0 radical (unpaired) electrons. The van der Waals surface area contributed by atoms with E-state index in [2.05, 4.69) is 20.5 Å². The number of benzodiazepines with no additional fused rings is 1. The number of benzene rings is 2. The second-order valence-corrected chi connectivity index (χ2v) is 7.98. The van der Waals surface area contributed by atoms with Gasteiger partial charge in [-0.15, -0.1) is 0 Å². The van der Waals surface area contributed by atoms with Gasteiger partial charge in [0.25, 0.3) is 11.8 Å². The van der Waals surface area contributed by atoms with E-state index in [0.29, 0.717) is 22.7 Å². The van der Waals surface area contributed by atoms with Gasteiger partial charge in [-0.25, -0.2) is 9.38 Å². The zero-order chi connectivity index (χ0) is 22.2. The van der Waals surface area contributed by atoms with Crippen molar-refractivity contribution in [1.29, 1.82) is 0 Å². The van der Waals surface area contributed by atoms with Crippen LogP contribution in [0, 0.1) is 5.82 Å². The molecular weight excluding hydrogens is 409 g/mol. The third-order valence-electron chi connectivity index (χ3n) is 6.01. The number of fused-ring (bicyclic) bond motifs is 2. The van der Waals surface area contributed by atoms with Gasteiger partial charge in [0.2, 0.25) is 6.17 Å². The van der Waals surface area contributed by atoms with E-state index in [0.717, 1.165) is 36.9 Å². The van der Waals surface area contributed by atoms with Gasteiger partial charge in [-0.3, -0.25) is 14.7 Å². The number of aryl methyl sites for hydroxylation is 1. The van der Waals surface area contributed by atoms with E-state index in [1.165, 1.54) is 11.0 Å². The number of anilines is 1. The van der Waals surface area contributed by atoms with Gasteiger partial charge in [0.15, 0.2) is 5.69 Å². The van der Waals surface area contributed by atoms with E-state index in [-0.39, 0.29) is 5.56 Å². The number of hydrogen-bond acceptors (Lipinski definition) is 4. The fraction of sp³-hybridized carbons (Fsp3) is 0.250. The Morgan fingerprint density at radius 3 is 2.62 bits per heavy atom. The number of H-pyrrole nitrogens is 1. The summed E-state index contributed by atoms with van der Waals surface area (Å²) < 4.78 is 14.7. The van der Waals surface area contributed by atoms with Crippen LogP contribution in [-0.4, -0.2) is 40.9 Å². The first-order chi connectivity index (χ1) is 15.5. The van der Waals surface area contributed by atoms with E-state index in [1.54, 1.807) is 43.4 Å². The minimum Gasteiger partial charge on any atom is -0.321 e. The van der Waals surface area contributed by atoms with Gasteiger partial charge < -0.3 is 10.2 Å². The van der Waals surface area contributed by atoms with Crippen molar-refractivity contribution in [3.8, 4) is 0 Å². The maximum atomic E-state index is 14.7. The number of carbonyl (C=O) groups excluding carboxylic acids is 2. The van der Waals surface area contributed by atoms with E-state index in [4.69, 9.17) is 0 Å². The minimum absolute atomic E-state index is 0.263. The highest BCUT2D eigenvalue weighted by molar-refractivity contribution is 6.20. The largest absolute Gasteiger partial charge is 0.321 e. The molecule has 1 unspecified atom stereocenters. The number of aromatic amines is 1. The van der Waals surface area contributed by atoms with Crippen LogP contribution in [0.15, 0.2) is 53.5 Å². The number of aromatic nitrogens is 2. The molecule has 3 aromatic rings. The van der Waals surface area contributed by atoms with Crippen LogP contribution in [0.1, 0.15) is 45.7 Å². The predicted octanol–water partition coefficient (Wildman–Crippen LogP) is 3.00. The summed E-state index contributed by atoms with van der Waals surface area (Å²) in [6.07, 6.45) is 2.44. The smallest absolute Gasteiger partial charge is 0.274 e. The number of amides is 2. The molecule has 5 rings (SSSR count). The number of aliphatic imine (C=N–C) groups is 1. The molecule has 2 aromatic carbocycles. The molecule has 1 aliphatic heterocycles. The van der Waals surface area contributed by atoms with Gasteiger partial charge in [0.05, 0.1) is 11.4 Å². The van der Waals surface area contributed by atoms with Gasteiger partial charge in [-0.05, 0) is 43.9 Å². The molecule has 0 bridgehead atoms. The number of nitrogens with one attached hydrogen (secondary N) is 2. The van der Waals surface area contributed by atoms with Crippen LogP contribution in [0.4, 0.5) is 10.1 Å². The standard InChI is InChI=1S/C24H22FN5O2/c1-30-19-13-7-4-10-16(19)20(14-8-2-5-11-17(14)25)26-22(24(30)32)27-23(31)21-15-9-3-6-12-18(15)28-29-21/h2,4-5,7-8,10-11,13,22H,3,6,9,12H2,1H3,(H,27,31)(H,28,29). The molecule has 1 aromatic heterocycles. The Hall–Kier alpha value is -3.81. The average Bonchev–Trinajstić information content (AvgIpc) is 3.22. The fourth-order valence-electron chi connectivity index (χ4n) is 4.35. The number of likely N-dealkylation sites (N-methyl/N-ethyl adjacent to an activating group) is 1. The highest BCUT2D eigenvalue weighted by atomic mass is 19.1. The summed E-state index contributed by atoms with van der Waals surface area (Å²) in [7, 11) is 1.62. The van der Waals surface area contributed by atoms with E-state index in [1.807, 2.05) is 6.07 Å². The van der Waals surface area contributed by atoms with Crippen LogP contribution >= 0.6 is 0 Å². The van der Waals surface area contributed by atoms with E-state index in [9.17, 15) is 14.0 Å². The van der Waals surface area contributed by atoms with Crippen molar-refractivity contribution in [2.75, 3.05) is 11.9 Å². The van der Waals surface area contributed by atoms with Crippen LogP contribution in [0.3, 0.4) is 0 Å². The van der Waals surface area contributed by atoms with Crippen LogP contribution in [-0.2, 0) is 17.6 Å². The van der Waals surface area contributed by atoms with Gasteiger partial charge >= 0.3 is 0 Å². The molecule has 2 N–H and O–H groups in total. The van der Waals surface area contributed by atoms with Crippen LogP contribution < -0.4 is 10.2 Å². The summed E-state index contributed by atoms with van der Waals surface area (Å²) in [5.74, 6) is -1.34. The van der Waals surface area contributed by atoms with Crippen molar-refractivity contribution in [1.82, 2.24) is 15.5 Å². The van der Waals surface area contributed by atoms with Crippen molar-refractivity contribution in [3.05, 3.63) is 82.4 Å². The molecule has 1 aliphatic carbocycles. The lowest BCUT2D eigenvalue weighted by Gasteiger charge is -2.20. The van der Waals surface area contributed by atoms with Gasteiger partial charge in [0, 0.05) is 29.4 Å². The number of carbonyl (C=O) groups is 2. The number of halogens is 1. The van der Waals surface area contributed by atoms with Gasteiger partial charge in [0.1, 0.15) is 5.82 Å². The maximum Gasteiger partial charge on any atom is 0.274 e. The van der Waals surface area contributed by atoms with E-state index >= 15 is 0 Å². The van der Waals surface area contributed by atoms with Crippen molar-refractivity contribution in [2.24, 2.45) is 4.99 Å². The van der Waals surface area contributed by atoms with Crippen molar-refractivity contribution >= 4 is 23.2 Å². The minimum atomic E-state index is -1.22. The van der Waals surface area contributed by atoms with Gasteiger partial charge in [-0.2, -0.15) is 5.10 Å². The SMILES string of the molecule is CN1C(=O)C(NC(=O)c2n[nH]c3c2CCCC3)N=C(c2ccccc2F)c2ccccc21. The normalized spacial score (nSPS) is 17.8. The Morgan fingerprint density at radius 1 is 1.09 bits per heavy atom. The van der Waals surface area contributed by atoms with Crippen molar-refractivity contribution < 1.29 is 14.0 Å². The summed E-state index contributed by atoms with van der Waals surface area (Å²) in [6, 6.07) is 13.4. The Bertz CT molecular complexity index is 1250. The first kappa shape index (κ1) is 20.1. The van der Waals surface area contributed by atoms with Crippen LogP contribution in [0.25, 0.3) is 0 Å². The molecule has 162 valence electrons. The molecule has 1 atom stereocenters. The lowest BCUT2D eigenvalue weighted by Crippen LogP contribution is -2.46. The third-order valence-corrected chi connectivity index (χ3v) is 6.01. The summed E-state index contributed by atoms with van der Waals surface area (Å²) in [5, 5.41) is 9.86. The zero-order valence-corrected chi connectivity index (χ0v) is 17.6. The first-order valence-electron chi connectivity index (χ1n) is 10.6. The Kier molecular flexibility index (Phi) is 5.05. The molecule has 8 heteroatoms. The number of rotatable bonds is 3. The van der Waals surface area contributed by atoms with Gasteiger partial charge in [-0.1, -0.05) is 30.3 Å². The monoisotopic (exact) mass is 431 g/mol. The Morgan fingerprint density at radius 2 is 1.81 bits per heavy atom. The number of nitrogens with zero attached hydrogens (tertiary/aromatic N) is 3. The molecule has 2 heterocycles.